The monoisotopic (exact) mass is 261 g/mol. The quantitative estimate of drug-likeness (QED) is 0.774. The SMILES string of the molecule is CCCNCCCc1cscc1Br. The third-order valence-electron chi connectivity index (χ3n) is 1.92. The molecule has 0 saturated carbocycles. The Kier molecular flexibility index (Phi) is 5.67. The Labute approximate surface area is 92.7 Å². The van der Waals surface area contributed by atoms with Crippen molar-refractivity contribution in [2.45, 2.75) is 26.2 Å². The third-order valence-corrected chi connectivity index (χ3v) is 3.75. The second kappa shape index (κ2) is 6.57. The fourth-order valence-electron chi connectivity index (χ4n) is 1.19. The molecule has 1 N–H and O–H groups in total. The molecule has 0 aliphatic rings. The van der Waals surface area contributed by atoms with E-state index < -0.39 is 0 Å². The number of nitrogens with one attached hydrogen (secondary N) is 1. The van der Waals surface area contributed by atoms with Crippen LogP contribution in [0.1, 0.15) is 25.3 Å². The summed E-state index contributed by atoms with van der Waals surface area (Å²) in [6.45, 7) is 4.48. The Hall–Kier alpha value is 0.140. The molecule has 1 aromatic rings. The molecule has 0 aliphatic heterocycles. The van der Waals surface area contributed by atoms with Gasteiger partial charge in [-0.25, -0.2) is 0 Å². The van der Waals surface area contributed by atoms with Gasteiger partial charge in [0.2, 0.25) is 0 Å². The highest BCUT2D eigenvalue weighted by atomic mass is 79.9. The lowest BCUT2D eigenvalue weighted by molar-refractivity contribution is 0.640. The molecule has 74 valence electrons. The first-order valence-corrected chi connectivity index (χ1v) is 6.49. The zero-order valence-corrected chi connectivity index (χ0v) is 10.4. The molecule has 1 aromatic heterocycles. The number of halogens is 1. The number of aryl methyl sites for hydroxylation is 1. The lowest BCUT2D eigenvalue weighted by Gasteiger charge is -2.01. The van der Waals surface area contributed by atoms with Gasteiger partial charge in [-0.2, -0.15) is 11.3 Å². The van der Waals surface area contributed by atoms with Crippen LogP contribution in [-0.2, 0) is 6.42 Å². The van der Waals surface area contributed by atoms with Crippen molar-refractivity contribution in [1.82, 2.24) is 5.32 Å². The minimum atomic E-state index is 1.14. The maximum absolute atomic E-state index is 3.54. The average Bonchev–Trinajstić information content (AvgIpc) is 2.52. The maximum Gasteiger partial charge on any atom is 0.0314 e. The lowest BCUT2D eigenvalue weighted by Crippen LogP contribution is -2.16. The molecule has 1 heterocycles. The minimum Gasteiger partial charge on any atom is -0.317 e. The van der Waals surface area contributed by atoms with E-state index in [2.05, 4.69) is 38.9 Å². The van der Waals surface area contributed by atoms with E-state index >= 15 is 0 Å². The summed E-state index contributed by atoms with van der Waals surface area (Å²) in [5.74, 6) is 0. The van der Waals surface area contributed by atoms with Gasteiger partial charge in [-0.1, -0.05) is 6.92 Å². The van der Waals surface area contributed by atoms with Gasteiger partial charge in [0.15, 0.2) is 0 Å². The Balaban J connectivity index is 2.10. The van der Waals surface area contributed by atoms with Gasteiger partial charge in [-0.3, -0.25) is 0 Å². The van der Waals surface area contributed by atoms with Gasteiger partial charge >= 0.3 is 0 Å². The van der Waals surface area contributed by atoms with Crippen molar-refractivity contribution < 1.29 is 0 Å². The molecule has 1 nitrogen and oxygen atoms in total. The summed E-state index contributed by atoms with van der Waals surface area (Å²) < 4.78 is 1.27. The molecule has 13 heavy (non-hydrogen) atoms. The van der Waals surface area contributed by atoms with Crippen LogP contribution in [0.15, 0.2) is 15.2 Å². The highest BCUT2D eigenvalue weighted by Gasteiger charge is 1.99. The smallest absolute Gasteiger partial charge is 0.0314 e. The third kappa shape index (κ3) is 4.25. The summed E-state index contributed by atoms with van der Waals surface area (Å²) in [6.07, 6.45) is 3.64. The second-order valence-electron chi connectivity index (χ2n) is 3.10. The summed E-state index contributed by atoms with van der Waals surface area (Å²) in [4.78, 5) is 0. The summed E-state index contributed by atoms with van der Waals surface area (Å²) in [5, 5.41) is 7.78. The van der Waals surface area contributed by atoms with E-state index in [0.717, 1.165) is 13.1 Å². The lowest BCUT2D eigenvalue weighted by atomic mass is 10.2. The normalized spacial score (nSPS) is 10.6. The highest BCUT2D eigenvalue weighted by molar-refractivity contribution is 9.10. The predicted molar refractivity (Wildman–Crippen MR) is 63.5 cm³/mol. The van der Waals surface area contributed by atoms with Gasteiger partial charge < -0.3 is 5.32 Å². The van der Waals surface area contributed by atoms with Crippen LogP contribution in [-0.4, -0.2) is 13.1 Å². The van der Waals surface area contributed by atoms with Crippen molar-refractivity contribution in [3.8, 4) is 0 Å². The predicted octanol–water partition coefficient (Wildman–Crippen LogP) is 3.44. The molecular formula is C10H16BrNS. The fourth-order valence-corrected chi connectivity index (χ4v) is 2.73. The largest absolute Gasteiger partial charge is 0.317 e. The van der Waals surface area contributed by atoms with Gasteiger partial charge in [-0.05, 0) is 59.2 Å². The standard InChI is InChI=1S/C10H16BrNS/c1-2-5-12-6-3-4-9-7-13-8-10(9)11/h7-8,12H,2-6H2,1H3. The van der Waals surface area contributed by atoms with Crippen LogP contribution in [0.2, 0.25) is 0 Å². The van der Waals surface area contributed by atoms with E-state index in [1.807, 2.05) is 0 Å². The number of hydrogen-bond donors (Lipinski definition) is 1. The van der Waals surface area contributed by atoms with Crippen LogP contribution in [0.3, 0.4) is 0 Å². The Morgan fingerprint density at radius 3 is 2.85 bits per heavy atom. The first-order valence-electron chi connectivity index (χ1n) is 4.76. The zero-order valence-electron chi connectivity index (χ0n) is 7.98. The molecule has 0 radical (unpaired) electrons. The van der Waals surface area contributed by atoms with Gasteiger partial charge in [0.25, 0.3) is 0 Å². The van der Waals surface area contributed by atoms with Crippen LogP contribution < -0.4 is 5.32 Å². The molecule has 3 heteroatoms. The van der Waals surface area contributed by atoms with Crippen LogP contribution in [0.25, 0.3) is 0 Å². The maximum atomic E-state index is 3.54. The fraction of sp³-hybridized carbons (Fsp3) is 0.600. The first kappa shape index (κ1) is 11.2. The number of rotatable bonds is 6. The van der Waals surface area contributed by atoms with Crippen molar-refractivity contribution in [3.05, 3.63) is 20.8 Å². The topological polar surface area (TPSA) is 12.0 Å². The molecule has 0 amide bonds. The van der Waals surface area contributed by atoms with Crippen LogP contribution in [0, 0.1) is 0 Å². The molecule has 0 bridgehead atoms. The van der Waals surface area contributed by atoms with Crippen LogP contribution >= 0.6 is 27.3 Å². The van der Waals surface area contributed by atoms with E-state index in [9.17, 15) is 0 Å². The van der Waals surface area contributed by atoms with Crippen molar-refractivity contribution in [2.24, 2.45) is 0 Å². The van der Waals surface area contributed by atoms with Crippen LogP contribution in [0.5, 0.6) is 0 Å². The van der Waals surface area contributed by atoms with E-state index in [-0.39, 0.29) is 0 Å². The number of thiophene rings is 1. The molecule has 0 saturated heterocycles. The highest BCUT2D eigenvalue weighted by Crippen LogP contribution is 2.22. The molecule has 0 aliphatic carbocycles. The van der Waals surface area contributed by atoms with E-state index in [4.69, 9.17) is 0 Å². The zero-order chi connectivity index (χ0) is 9.52. The molecule has 1 rings (SSSR count). The van der Waals surface area contributed by atoms with E-state index in [0.29, 0.717) is 0 Å². The van der Waals surface area contributed by atoms with Gasteiger partial charge in [0, 0.05) is 9.85 Å². The molecular weight excluding hydrogens is 246 g/mol. The molecule has 0 spiro atoms. The molecule has 0 aromatic carbocycles. The Morgan fingerprint density at radius 1 is 1.38 bits per heavy atom. The summed E-state index contributed by atoms with van der Waals surface area (Å²) in [5.41, 5.74) is 1.45. The van der Waals surface area contributed by atoms with Crippen molar-refractivity contribution in [1.29, 1.82) is 0 Å². The van der Waals surface area contributed by atoms with Crippen molar-refractivity contribution in [2.75, 3.05) is 13.1 Å². The molecule has 0 unspecified atom stereocenters. The molecule has 0 fully saturated rings. The molecule has 0 atom stereocenters. The van der Waals surface area contributed by atoms with Gasteiger partial charge in [0.05, 0.1) is 0 Å². The summed E-state index contributed by atoms with van der Waals surface area (Å²) in [7, 11) is 0. The Bertz CT molecular complexity index is 235. The first-order chi connectivity index (χ1) is 6.34. The number of hydrogen-bond acceptors (Lipinski definition) is 2. The summed E-state index contributed by atoms with van der Waals surface area (Å²) >= 11 is 5.31. The van der Waals surface area contributed by atoms with Crippen molar-refractivity contribution in [3.63, 3.8) is 0 Å². The minimum absolute atomic E-state index is 1.14. The van der Waals surface area contributed by atoms with E-state index in [1.54, 1.807) is 11.3 Å². The Morgan fingerprint density at radius 2 is 2.23 bits per heavy atom. The second-order valence-corrected chi connectivity index (χ2v) is 4.70. The van der Waals surface area contributed by atoms with E-state index in [1.165, 1.54) is 29.3 Å². The summed E-state index contributed by atoms with van der Waals surface area (Å²) in [6, 6.07) is 0. The average molecular weight is 262 g/mol. The van der Waals surface area contributed by atoms with Gasteiger partial charge in [0.1, 0.15) is 0 Å². The van der Waals surface area contributed by atoms with Gasteiger partial charge in [-0.15, -0.1) is 0 Å². The van der Waals surface area contributed by atoms with Crippen molar-refractivity contribution >= 4 is 27.3 Å². The van der Waals surface area contributed by atoms with Crippen LogP contribution in [0.4, 0.5) is 0 Å².